The van der Waals surface area contributed by atoms with Gasteiger partial charge >= 0.3 is 0 Å². The molecule has 0 unspecified atom stereocenters. The Kier molecular flexibility index (Phi) is 4.39. The lowest BCUT2D eigenvalue weighted by Gasteiger charge is -2.23. The molecule has 21 heavy (non-hydrogen) atoms. The molecule has 1 aromatic carbocycles. The maximum atomic E-state index is 6.29. The van der Waals surface area contributed by atoms with Crippen LogP contribution in [0, 0.1) is 6.92 Å². The molecule has 110 valence electrons. The van der Waals surface area contributed by atoms with Crippen molar-refractivity contribution in [1.29, 1.82) is 0 Å². The second kappa shape index (κ2) is 6.44. The summed E-state index contributed by atoms with van der Waals surface area (Å²) in [6.07, 6.45) is 8.01. The van der Waals surface area contributed by atoms with Crippen molar-refractivity contribution < 1.29 is 0 Å². The maximum Gasteiger partial charge on any atom is 0.223 e. The Morgan fingerprint density at radius 3 is 2.67 bits per heavy atom. The molecule has 0 bridgehead atoms. The molecule has 1 saturated carbocycles. The summed E-state index contributed by atoms with van der Waals surface area (Å²) < 4.78 is 0. The molecule has 3 nitrogen and oxygen atoms in total. The van der Waals surface area contributed by atoms with Crippen LogP contribution in [0.25, 0.3) is 11.3 Å². The summed E-state index contributed by atoms with van der Waals surface area (Å²) in [7, 11) is 0. The number of halogens is 1. The van der Waals surface area contributed by atoms with Crippen molar-refractivity contribution in [2.24, 2.45) is 0 Å². The molecule has 1 N–H and O–H groups in total. The van der Waals surface area contributed by atoms with Gasteiger partial charge in [-0.1, -0.05) is 55.1 Å². The van der Waals surface area contributed by atoms with E-state index in [1.54, 1.807) is 6.20 Å². The van der Waals surface area contributed by atoms with Crippen molar-refractivity contribution in [3.8, 4) is 11.3 Å². The predicted molar refractivity (Wildman–Crippen MR) is 87.7 cm³/mol. The van der Waals surface area contributed by atoms with Gasteiger partial charge in [0, 0.05) is 11.6 Å². The number of hydrogen-bond acceptors (Lipinski definition) is 3. The number of hydrogen-bond donors (Lipinski definition) is 1. The van der Waals surface area contributed by atoms with Crippen molar-refractivity contribution in [2.45, 2.75) is 45.1 Å². The lowest BCUT2D eigenvalue weighted by molar-refractivity contribution is 0.461. The van der Waals surface area contributed by atoms with Crippen LogP contribution >= 0.6 is 11.6 Å². The fraction of sp³-hybridized carbons (Fsp3) is 0.412. The van der Waals surface area contributed by atoms with Crippen LogP contribution in [0.4, 0.5) is 5.95 Å². The normalized spacial score (nSPS) is 15.9. The molecule has 2 aromatic rings. The lowest BCUT2D eigenvalue weighted by atomic mass is 9.96. The van der Waals surface area contributed by atoms with Crippen LogP contribution in [-0.2, 0) is 0 Å². The molecule has 1 fully saturated rings. The first kappa shape index (κ1) is 14.3. The highest BCUT2D eigenvalue weighted by Gasteiger charge is 2.16. The standard InChI is InChI=1S/C17H20ClN3/c1-12-7-5-6-10-14(12)16-15(18)11-19-17(21-16)20-13-8-3-2-4-9-13/h5-7,10-11,13H,2-4,8-9H2,1H3,(H,19,20,21). The van der Waals surface area contributed by atoms with Crippen molar-refractivity contribution in [3.63, 3.8) is 0 Å². The Labute approximate surface area is 130 Å². The lowest BCUT2D eigenvalue weighted by Crippen LogP contribution is -2.23. The van der Waals surface area contributed by atoms with Gasteiger partial charge in [-0.2, -0.15) is 0 Å². The van der Waals surface area contributed by atoms with E-state index < -0.39 is 0 Å². The zero-order valence-electron chi connectivity index (χ0n) is 12.3. The van der Waals surface area contributed by atoms with E-state index in [2.05, 4.69) is 28.3 Å². The largest absolute Gasteiger partial charge is 0.351 e. The molecular weight excluding hydrogens is 282 g/mol. The number of aromatic nitrogens is 2. The number of anilines is 1. The number of nitrogens with one attached hydrogen (secondary N) is 1. The molecule has 3 rings (SSSR count). The van der Waals surface area contributed by atoms with Crippen LogP contribution in [0.15, 0.2) is 30.5 Å². The molecule has 1 heterocycles. The van der Waals surface area contributed by atoms with Crippen molar-refractivity contribution in [1.82, 2.24) is 9.97 Å². The molecular formula is C17H20ClN3. The average molecular weight is 302 g/mol. The number of nitrogens with zero attached hydrogens (tertiary/aromatic N) is 2. The third kappa shape index (κ3) is 3.35. The first-order chi connectivity index (χ1) is 10.2. The first-order valence-corrected chi connectivity index (χ1v) is 7.97. The second-order valence-corrected chi connectivity index (χ2v) is 6.09. The minimum absolute atomic E-state index is 0.490. The van der Waals surface area contributed by atoms with E-state index in [1.165, 1.54) is 37.7 Å². The van der Waals surface area contributed by atoms with Gasteiger partial charge in [0.25, 0.3) is 0 Å². The molecule has 1 aliphatic carbocycles. The van der Waals surface area contributed by atoms with Crippen molar-refractivity contribution in [3.05, 3.63) is 41.0 Å². The van der Waals surface area contributed by atoms with Crippen molar-refractivity contribution in [2.75, 3.05) is 5.32 Å². The van der Waals surface area contributed by atoms with Gasteiger partial charge in [0.1, 0.15) is 0 Å². The summed E-state index contributed by atoms with van der Waals surface area (Å²) in [4.78, 5) is 8.98. The summed E-state index contributed by atoms with van der Waals surface area (Å²) in [6, 6.07) is 8.64. The number of aryl methyl sites for hydroxylation is 1. The fourth-order valence-electron chi connectivity index (χ4n) is 2.89. The third-order valence-corrected chi connectivity index (χ3v) is 4.36. The number of rotatable bonds is 3. The van der Waals surface area contributed by atoms with Gasteiger partial charge in [-0.25, -0.2) is 9.97 Å². The zero-order valence-corrected chi connectivity index (χ0v) is 13.0. The van der Waals surface area contributed by atoms with Gasteiger partial charge in [-0.3, -0.25) is 0 Å². The van der Waals surface area contributed by atoms with Crippen LogP contribution in [0.1, 0.15) is 37.7 Å². The average Bonchev–Trinajstić information content (AvgIpc) is 2.51. The summed E-state index contributed by atoms with van der Waals surface area (Å²) >= 11 is 6.29. The highest BCUT2D eigenvalue weighted by Crippen LogP contribution is 2.29. The summed E-state index contributed by atoms with van der Waals surface area (Å²) in [5, 5.41) is 4.05. The van der Waals surface area contributed by atoms with Crippen LogP contribution in [0.3, 0.4) is 0 Å². The van der Waals surface area contributed by atoms with Crippen LogP contribution in [0.5, 0.6) is 0 Å². The van der Waals surface area contributed by atoms with E-state index in [-0.39, 0.29) is 0 Å². The molecule has 0 saturated heterocycles. The molecule has 0 spiro atoms. The summed E-state index contributed by atoms with van der Waals surface area (Å²) in [5.74, 6) is 0.685. The fourth-order valence-corrected chi connectivity index (χ4v) is 3.09. The minimum atomic E-state index is 0.490. The molecule has 0 radical (unpaired) electrons. The quantitative estimate of drug-likeness (QED) is 0.880. The summed E-state index contributed by atoms with van der Waals surface area (Å²) in [5.41, 5.74) is 3.04. The Bertz CT molecular complexity index is 621. The predicted octanol–water partition coefficient (Wildman–Crippen LogP) is 4.85. The van der Waals surface area contributed by atoms with Gasteiger partial charge in [0.2, 0.25) is 5.95 Å². The molecule has 0 amide bonds. The van der Waals surface area contributed by atoms with E-state index in [1.807, 2.05) is 18.2 Å². The Morgan fingerprint density at radius 1 is 1.14 bits per heavy atom. The number of benzene rings is 1. The van der Waals surface area contributed by atoms with E-state index >= 15 is 0 Å². The zero-order chi connectivity index (χ0) is 14.7. The molecule has 0 aliphatic heterocycles. The van der Waals surface area contributed by atoms with Gasteiger partial charge in [-0.15, -0.1) is 0 Å². The van der Waals surface area contributed by atoms with E-state index in [0.29, 0.717) is 17.0 Å². The van der Waals surface area contributed by atoms with Gasteiger partial charge in [0.05, 0.1) is 16.9 Å². The highest BCUT2D eigenvalue weighted by molar-refractivity contribution is 6.33. The third-order valence-electron chi connectivity index (χ3n) is 4.08. The van der Waals surface area contributed by atoms with Crippen LogP contribution < -0.4 is 5.32 Å². The maximum absolute atomic E-state index is 6.29. The second-order valence-electron chi connectivity index (χ2n) is 5.68. The van der Waals surface area contributed by atoms with Gasteiger partial charge in [-0.05, 0) is 25.3 Å². The highest BCUT2D eigenvalue weighted by atomic mass is 35.5. The van der Waals surface area contributed by atoms with Gasteiger partial charge in [0.15, 0.2) is 0 Å². The Morgan fingerprint density at radius 2 is 1.90 bits per heavy atom. The van der Waals surface area contributed by atoms with Crippen molar-refractivity contribution >= 4 is 17.5 Å². The van der Waals surface area contributed by atoms with E-state index in [9.17, 15) is 0 Å². The SMILES string of the molecule is Cc1ccccc1-c1nc(NC2CCCCC2)ncc1Cl. The Balaban J connectivity index is 1.87. The monoisotopic (exact) mass is 301 g/mol. The summed E-state index contributed by atoms with van der Waals surface area (Å²) in [6.45, 7) is 2.07. The van der Waals surface area contributed by atoms with E-state index in [4.69, 9.17) is 11.6 Å². The molecule has 1 aliphatic rings. The molecule has 1 aromatic heterocycles. The molecule has 0 atom stereocenters. The Hall–Kier alpha value is -1.61. The van der Waals surface area contributed by atoms with Crippen LogP contribution in [-0.4, -0.2) is 16.0 Å². The minimum Gasteiger partial charge on any atom is -0.351 e. The smallest absolute Gasteiger partial charge is 0.223 e. The van der Waals surface area contributed by atoms with Gasteiger partial charge < -0.3 is 5.32 Å². The first-order valence-electron chi connectivity index (χ1n) is 7.59. The van der Waals surface area contributed by atoms with Crippen LogP contribution in [0.2, 0.25) is 5.02 Å². The van der Waals surface area contributed by atoms with E-state index in [0.717, 1.165) is 11.3 Å². The topological polar surface area (TPSA) is 37.8 Å². The molecule has 4 heteroatoms.